The van der Waals surface area contributed by atoms with Crippen LogP contribution >= 0.6 is 0 Å². The van der Waals surface area contributed by atoms with Crippen LogP contribution in [-0.4, -0.2) is 46.9 Å². The van der Waals surface area contributed by atoms with Gasteiger partial charge in [-0.15, -0.1) is 0 Å². The molecule has 0 atom stereocenters. The molecule has 0 fully saturated rings. The van der Waals surface area contributed by atoms with Crippen LogP contribution in [0.25, 0.3) is 0 Å². The Morgan fingerprint density at radius 1 is 1.38 bits per heavy atom. The van der Waals surface area contributed by atoms with E-state index in [0.717, 1.165) is 12.1 Å². The highest BCUT2D eigenvalue weighted by molar-refractivity contribution is 5.08. The van der Waals surface area contributed by atoms with Crippen LogP contribution < -0.4 is 0 Å². The van der Waals surface area contributed by atoms with Gasteiger partial charge < -0.3 is 15.1 Å². The quantitative estimate of drug-likeness (QED) is 0.739. The Kier molecular flexibility index (Phi) is 4.86. The molecule has 0 aliphatic rings. The van der Waals surface area contributed by atoms with Crippen molar-refractivity contribution < 1.29 is 10.2 Å². The lowest BCUT2D eigenvalue weighted by molar-refractivity contribution is 0.0402. The molecule has 0 radical (unpaired) electrons. The lowest BCUT2D eigenvalue weighted by atomic mass is 9.92. The average molecular weight is 224 g/mol. The number of pyridine rings is 1. The van der Waals surface area contributed by atoms with Crippen molar-refractivity contribution in [3.63, 3.8) is 0 Å². The van der Waals surface area contributed by atoms with E-state index in [2.05, 4.69) is 9.88 Å². The minimum Gasteiger partial charge on any atom is -0.396 e. The molecule has 0 unspecified atom stereocenters. The summed E-state index contributed by atoms with van der Waals surface area (Å²) in [6.07, 6.45) is 3.57. The molecular formula is C12H20N2O2. The van der Waals surface area contributed by atoms with Crippen LogP contribution in [0.4, 0.5) is 0 Å². The first-order valence-corrected chi connectivity index (χ1v) is 5.39. The molecule has 1 heterocycles. The Hall–Kier alpha value is -0.970. The minimum atomic E-state index is -0.447. The van der Waals surface area contributed by atoms with E-state index in [1.54, 1.807) is 6.20 Å². The zero-order valence-electron chi connectivity index (χ0n) is 9.93. The van der Waals surface area contributed by atoms with Gasteiger partial charge in [0.05, 0.1) is 13.2 Å². The first-order valence-electron chi connectivity index (χ1n) is 5.39. The van der Waals surface area contributed by atoms with E-state index < -0.39 is 5.41 Å². The van der Waals surface area contributed by atoms with E-state index in [0.29, 0.717) is 6.54 Å². The molecule has 4 nitrogen and oxygen atoms in total. The van der Waals surface area contributed by atoms with E-state index >= 15 is 0 Å². The van der Waals surface area contributed by atoms with Gasteiger partial charge in [0.15, 0.2) is 0 Å². The van der Waals surface area contributed by atoms with Crippen LogP contribution in [0.15, 0.2) is 24.5 Å². The fourth-order valence-electron chi connectivity index (χ4n) is 1.66. The number of hydrogen-bond donors (Lipinski definition) is 2. The van der Waals surface area contributed by atoms with E-state index in [1.807, 2.05) is 32.3 Å². The molecule has 1 aromatic rings. The molecule has 0 aliphatic carbocycles. The first-order chi connectivity index (χ1) is 7.59. The maximum Gasteiger partial charge on any atom is 0.0519 e. The third-order valence-corrected chi connectivity index (χ3v) is 2.59. The molecule has 0 aliphatic heterocycles. The maximum atomic E-state index is 9.20. The molecule has 1 rings (SSSR count). The topological polar surface area (TPSA) is 56.6 Å². The summed E-state index contributed by atoms with van der Waals surface area (Å²) in [6, 6.07) is 3.92. The van der Waals surface area contributed by atoms with Crippen molar-refractivity contribution in [2.24, 2.45) is 5.41 Å². The standard InChI is InChI=1S/C12H20N2O2/c1-12(9-15,10-16)8-14(2)7-11-4-3-5-13-6-11/h3-6,15-16H,7-10H2,1-2H3. The molecule has 0 spiro atoms. The van der Waals surface area contributed by atoms with Crippen LogP contribution in [-0.2, 0) is 6.54 Å². The largest absolute Gasteiger partial charge is 0.396 e. The zero-order valence-corrected chi connectivity index (χ0v) is 9.93. The van der Waals surface area contributed by atoms with Crippen molar-refractivity contribution in [1.82, 2.24) is 9.88 Å². The van der Waals surface area contributed by atoms with Crippen LogP contribution in [0.2, 0.25) is 0 Å². The Morgan fingerprint density at radius 2 is 2.06 bits per heavy atom. The summed E-state index contributed by atoms with van der Waals surface area (Å²) >= 11 is 0. The monoisotopic (exact) mass is 224 g/mol. The molecule has 0 saturated heterocycles. The van der Waals surface area contributed by atoms with E-state index in [1.165, 1.54) is 0 Å². The number of aliphatic hydroxyl groups excluding tert-OH is 2. The number of nitrogens with zero attached hydrogens (tertiary/aromatic N) is 2. The lowest BCUT2D eigenvalue weighted by Gasteiger charge is -2.30. The van der Waals surface area contributed by atoms with Crippen molar-refractivity contribution in [2.75, 3.05) is 26.8 Å². The van der Waals surface area contributed by atoms with Crippen LogP contribution in [0.3, 0.4) is 0 Å². The fourth-order valence-corrected chi connectivity index (χ4v) is 1.66. The summed E-state index contributed by atoms with van der Waals surface area (Å²) in [5.74, 6) is 0. The summed E-state index contributed by atoms with van der Waals surface area (Å²) in [6.45, 7) is 3.26. The van der Waals surface area contributed by atoms with Gasteiger partial charge in [0.2, 0.25) is 0 Å². The Bertz CT molecular complexity index is 299. The van der Waals surface area contributed by atoms with Gasteiger partial charge >= 0.3 is 0 Å². The van der Waals surface area contributed by atoms with Gasteiger partial charge in [0.25, 0.3) is 0 Å². The van der Waals surface area contributed by atoms with Gasteiger partial charge in [-0.2, -0.15) is 0 Å². The molecule has 1 aromatic heterocycles. The van der Waals surface area contributed by atoms with Crippen LogP contribution in [0.5, 0.6) is 0 Å². The van der Waals surface area contributed by atoms with E-state index in [9.17, 15) is 10.2 Å². The molecule has 0 bridgehead atoms. The second kappa shape index (κ2) is 5.94. The summed E-state index contributed by atoms with van der Waals surface area (Å²) in [4.78, 5) is 6.12. The highest BCUT2D eigenvalue weighted by Gasteiger charge is 2.24. The number of aromatic nitrogens is 1. The Balaban J connectivity index is 2.50. The molecule has 16 heavy (non-hydrogen) atoms. The predicted octanol–water partition coefficient (Wildman–Crippen LogP) is 0.504. The SMILES string of the molecule is CN(Cc1cccnc1)CC(C)(CO)CO. The Labute approximate surface area is 96.6 Å². The highest BCUT2D eigenvalue weighted by Crippen LogP contribution is 2.16. The summed E-state index contributed by atoms with van der Waals surface area (Å²) in [5.41, 5.74) is 0.681. The second-order valence-electron chi connectivity index (χ2n) is 4.66. The summed E-state index contributed by atoms with van der Waals surface area (Å²) < 4.78 is 0. The van der Waals surface area contributed by atoms with Crippen molar-refractivity contribution in [3.8, 4) is 0 Å². The van der Waals surface area contributed by atoms with Crippen molar-refractivity contribution in [3.05, 3.63) is 30.1 Å². The molecule has 2 N–H and O–H groups in total. The molecular weight excluding hydrogens is 204 g/mol. The maximum absolute atomic E-state index is 9.20. The Morgan fingerprint density at radius 3 is 2.56 bits per heavy atom. The minimum absolute atomic E-state index is 0.0130. The van der Waals surface area contributed by atoms with Gasteiger partial charge in [-0.1, -0.05) is 13.0 Å². The molecule has 0 aromatic carbocycles. The van der Waals surface area contributed by atoms with Crippen molar-refractivity contribution in [1.29, 1.82) is 0 Å². The van der Waals surface area contributed by atoms with Gasteiger partial charge in [0.1, 0.15) is 0 Å². The van der Waals surface area contributed by atoms with Gasteiger partial charge in [-0.25, -0.2) is 0 Å². The number of hydrogen-bond acceptors (Lipinski definition) is 4. The third kappa shape index (κ3) is 3.89. The molecule has 0 amide bonds. The highest BCUT2D eigenvalue weighted by atomic mass is 16.3. The van der Waals surface area contributed by atoms with E-state index in [-0.39, 0.29) is 13.2 Å². The van der Waals surface area contributed by atoms with Crippen molar-refractivity contribution in [2.45, 2.75) is 13.5 Å². The average Bonchev–Trinajstić information content (AvgIpc) is 2.30. The van der Waals surface area contributed by atoms with Crippen LogP contribution in [0, 0.1) is 5.41 Å². The summed E-state index contributed by atoms with van der Waals surface area (Å²) in [7, 11) is 1.97. The van der Waals surface area contributed by atoms with Crippen LogP contribution in [0.1, 0.15) is 12.5 Å². The number of aliphatic hydroxyl groups is 2. The predicted molar refractivity (Wildman–Crippen MR) is 62.8 cm³/mol. The van der Waals surface area contributed by atoms with Crippen molar-refractivity contribution >= 4 is 0 Å². The lowest BCUT2D eigenvalue weighted by Crippen LogP contribution is -2.38. The van der Waals surface area contributed by atoms with E-state index in [4.69, 9.17) is 0 Å². The normalized spacial score (nSPS) is 12.1. The second-order valence-corrected chi connectivity index (χ2v) is 4.66. The zero-order chi connectivity index (χ0) is 12.0. The number of rotatable bonds is 6. The van der Waals surface area contributed by atoms with Gasteiger partial charge in [-0.05, 0) is 18.7 Å². The summed E-state index contributed by atoms with van der Waals surface area (Å²) in [5, 5.41) is 18.4. The smallest absolute Gasteiger partial charge is 0.0519 e. The molecule has 4 heteroatoms. The van der Waals surface area contributed by atoms with Gasteiger partial charge in [0, 0.05) is 30.9 Å². The molecule has 90 valence electrons. The van der Waals surface area contributed by atoms with Gasteiger partial charge in [-0.3, -0.25) is 4.98 Å². The third-order valence-electron chi connectivity index (χ3n) is 2.59. The fraction of sp³-hybridized carbons (Fsp3) is 0.583. The molecule has 0 saturated carbocycles. The first kappa shape index (κ1) is 13.1.